The number of amides is 1. The predicted molar refractivity (Wildman–Crippen MR) is 119 cm³/mol. The number of nitrogens with one attached hydrogen (secondary N) is 1. The smallest absolute Gasteiger partial charge is 0.416 e. The Morgan fingerprint density at radius 3 is 2.47 bits per heavy atom. The lowest BCUT2D eigenvalue weighted by molar-refractivity contribution is -0.137. The molecule has 1 aromatic carbocycles. The van der Waals surface area contributed by atoms with Crippen molar-refractivity contribution in [2.45, 2.75) is 33.4 Å². The van der Waals surface area contributed by atoms with E-state index in [9.17, 15) is 18.0 Å². The summed E-state index contributed by atoms with van der Waals surface area (Å²) in [5.74, 6) is -0.294. The molecule has 0 aliphatic heterocycles. The van der Waals surface area contributed by atoms with Crippen LogP contribution in [0.5, 0.6) is 5.75 Å². The SMILES string of the molecule is CC/C(C)=C(/N=C(Oc1ccc(Cl)nc1)C(=NC)NC(C)=O)c1cccc(C(F)(F)F)c1. The van der Waals surface area contributed by atoms with Crippen molar-refractivity contribution in [1.29, 1.82) is 0 Å². The van der Waals surface area contributed by atoms with Gasteiger partial charge < -0.3 is 10.1 Å². The monoisotopic (exact) mass is 466 g/mol. The van der Waals surface area contributed by atoms with E-state index in [1.54, 1.807) is 6.92 Å². The van der Waals surface area contributed by atoms with Gasteiger partial charge in [-0.2, -0.15) is 13.2 Å². The van der Waals surface area contributed by atoms with Gasteiger partial charge in [0.25, 0.3) is 5.90 Å². The van der Waals surface area contributed by atoms with Crippen LogP contribution in [0.3, 0.4) is 0 Å². The molecular weight excluding hydrogens is 445 g/mol. The summed E-state index contributed by atoms with van der Waals surface area (Å²) in [5.41, 5.74) is 0.412. The molecule has 32 heavy (non-hydrogen) atoms. The number of carbonyl (C=O) groups is 1. The Morgan fingerprint density at radius 1 is 1.22 bits per heavy atom. The van der Waals surface area contributed by atoms with Gasteiger partial charge in [-0.1, -0.05) is 30.7 Å². The lowest BCUT2D eigenvalue weighted by Gasteiger charge is -2.15. The molecule has 2 aromatic rings. The first-order valence-corrected chi connectivity index (χ1v) is 9.93. The molecule has 0 fully saturated rings. The lowest BCUT2D eigenvalue weighted by Crippen LogP contribution is -2.37. The van der Waals surface area contributed by atoms with Gasteiger partial charge in [0.15, 0.2) is 5.84 Å². The molecule has 1 heterocycles. The number of amidine groups is 1. The fourth-order valence-electron chi connectivity index (χ4n) is 2.55. The Labute approximate surface area is 188 Å². The maximum Gasteiger partial charge on any atom is 0.416 e. The Morgan fingerprint density at radius 2 is 1.94 bits per heavy atom. The number of carbonyl (C=O) groups excluding carboxylic acids is 1. The number of pyridine rings is 1. The number of ether oxygens (including phenoxy) is 1. The fraction of sp³-hybridized carbons (Fsp3) is 0.273. The summed E-state index contributed by atoms with van der Waals surface area (Å²) in [5, 5.41) is 2.76. The Balaban J connectivity index is 2.66. The third-order valence-corrected chi connectivity index (χ3v) is 4.47. The van der Waals surface area contributed by atoms with Crippen molar-refractivity contribution in [3.63, 3.8) is 0 Å². The van der Waals surface area contributed by atoms with E-state index >= 15 is 0 Å². The third kappa shape index (κ3) is 6.91. The molecule has 0 saturated carbocycles. The Hall–Kier alpha value is -3.20. The summed E-state index contributed by atoms with van der Waals surface area (Å²) in [7, 11) is 1.42. The van der Waals surface area contributed by atoms with E-state index in [-0.39, 0.29) is 33.9 Å². The largest absolute Gasteiger partial charge is 0.434 e. The number of alkyl halides is 3. The molecule has 1 amide bonds. The maximum atomic E-state index is 13.3. The highest BCUT2D eigenvalue weighted by atomic mass is 35.5. The van der Waals surface area contributed by atoms with Crippen LogP contribution >= 0.6 is 11.6 Å². The Kier molecular flexibility index (Phi) is 8.54. The van der Waals surface area contributed by atoms with Gasteiger partial charge in [-0.05, 0) is 43.2 Å². The van der Waals surface area contributed by atoms with Crippen molar-refractivity contribution in [1.82, 2.24) is 10.3 Å². The topological polar surface area (TPSA) is 75.9 Å². The standard InChI is InChI=1S/C22H22ClF3N4O2/c1-5-13(2)19(15-7-6-8-16(11-15)22(24,25)26)30-21(20(27-4)29-14(3)31)32-17-9-10-18(23)28-12-17/h6-12H,5H2,1-4H3,(H,27,29,31)/b19-13+,30-21?. The predicted octanol–water partition coefficient (Wildman–Crippen LogP) is 5.54. The van der Waals surface area contributed by atoms with E-state index in [1.807, 2.05) is 6.92 Å². The highest BCUT2D eigenvalue weighted by Crippen LogP contribution is 2.32. The van der Waals surface area contributed by atoms with Crippen LogP contribution in [0.1, 0.15) is 38.3 Å². The van der Waals surface area contributed by atoms with E-state index in [2.05, 4.69) is 20.3 Å². The van der Waals surface area contributed by atoms with Crippen LogP contribution in [-0.4, -0.2) is 29.7 Å². The molecule has 0 unspecified atom stereocenters. The first kappa shape index (κ1) is 25.1. The van der Waals surface area contributed by atoms with Crippen LogP contribution in [0.2, 0.25) is 5.15 Å². The minimum absolute atomic E-state index is 0.000768. The second-order valence-electron chi connectivity index (χ2n) is 6.65. The number of aromatic nitrogens is 1. The van der Waals surface area contributed by atoms with Crippen LogP contribution in [0, 0.1) is 0 Å². The minimum Gasteiger partial charge on any atom is -0.434 e. The van der Waals surface area contributed by atoms with Crippen LogP contribution in [0.25, 0.3) is 5.70 Å². The second kappa shape index (κ2) is 10.9. The van der Waals surface area contributed by atoms with E-state index in [0.29, 0.717) is 12.0 Å². The molecule has 0 aliphatic carbocycles. The number of rotatable bonds is 4. The molecule has 6 nitrogen and oxygen atoms in total. The molecule has 0 bridgehead atoms. The quantitative estimate of drug-likeness (QED) is 0.365. The van der Waals surface area contributed by atoms with Crippen molar-refractivity contribution >= 4 is 34.9 Å². The number of halogens is 4. The molecule has 170 valence electrons. The van der Waals surface area contributed by atoms with E-state index in [4.69, 9.17) is 16.3 Å². The van der Waals surface area contributed by atoms with E-state index < -0.39 is 17.6 Å². The number of hydrogen-bond acceptors (Lipinski definition) is 5. The van der Waals surface area contributed by atoms with Crippen molar-refractivity contribution in [3.8, 4) is 5.75 Å². The zero-order valence-corrected chi connectivity index (χ0v) is 18.7. The van der Waals surface area contributed by atoms with Gasteiger partial charge in [0.05, 0.1) is 17.5 Å². The molecule has 0 spiro atoms. The van der Waals surface area contributed by atoms with Crippen LogP contribution < -0.4 is 10.1 Å². The van der Waals surface area contributed by atoms with Crippen molar-refractivity contribution in [2.24, 2.45) is 9.98 Å². The van der Waals surface area contributed by atoms with Crippen LogP contribution in [0.15, 0.2) is 58.2 Å². The van der Waals surface area contributed by atoms with Gasteiger partial charge in [-0.15, -0.1) is 0 Å². The summed E-state index contributed by atoms with van der Waals surface area (Å²) in [6.07, 6.45) is -2.64. The maximum absolute atomic E-state index is 13.3. The minimum atomic E-state index is -4.51. The highest BCUT2D eigenvalue weighted by Gasteiger charge is 2.30. The van der Waals surface area contributed by atoms with E-state index in [0.717, 1.165) is 12.1 Å². The molecule has 0 aliphatic rings. The number of benzene rings is 1. The van der Waals surface area contributed by atoms with Gasteiger partial charge in [-0.3, -0.25) is 9.79 Å². The molecule has 1 aromatic heterocycles. The van der Waals surface area contributed by atoms with Gasteiger partial charge >= 0.3 is 6.18 Å². The Bertz CT molecular complexity index is 1060. The molecule has 10 heteroatoms. The van der Waals surface area contributed by atoms with Crippen molar-refractivity contribution in [2.75, 3.05) is 7.05 Å². The van der Waals surface area contributed by atoms with Crippen LogP contribution in [0.4, 0.5) is 13.2 Å². The van der Waals surface area contributed by atoms with Gasteiger partial charge in [0, 0.05) is 19.5 Å². The molecule has 0 radical (unpaired) electrons. The number of aliphatic imine (C=N–C) groups is 2. The molecule has 0 atom stereocenters. The summed E-state index contributed by atoms with van der Waals surface area (Å²) in [6.45, 7) is 4.89. The summed E-state index contributed by atoms with van der Waals surface area (Å²) >= 11 is 5.81. The summed E-state index contributed by atoms with van der Waals surface area (Å²) in [4.78, 5) is 24.1. The summed E-state index contributed by atoms with van der Waals surface area (Å²) < 4.78 is 45.6. The molecule has 2 rings (SSSR count). The summed E-state index contributed by atoms with van der Waals surface area (Å²) in [6, 6.07) is 7.86. The lowest BCUT2D eigenvalue weighted by atomic mass is 10.0. The number of nitrogens with zero attached hydrogens (tertiary/aromatic N) is 3. The third-order valence-electron chi connectivity index (χ3n) is 4.25. The average Bonchev–Trinajstić information content (AvgIpc) is 2.75. The van der Waals surface area contributed by atoms with Crippen molar-refractivity contribution < 1.29 is 22.7 Å². The normalized spacial score (nSPS) is 13.5. The van der Waals surface area contributed by atoms with Gasteiger partial charge in [-0.25, -0.2) is 9.98 Å². The fourth-order valence-corrected chi connectivity index (χ4v) is 2.66. The average molecular weight is 467 g/mol. The second-order valence-corrected chi connectivity index (χ2v) is 7.04. The van der Waals surface area contributed by atoms with Gasteiger partial charge in [0.2, 0.25) is 5.91 Å². The molecule has 0 saturated heterocycles. The first-order chi connectivity index (χ1) is 15.0. The molecule has 1 N–H and O–H groups in total. The van der Waals surface area contributed by atoms with Crippen molar-refractivity contribution in [3.05, 3.63) is 64.4 Å². The van der Waals surface area contributed by atoms with Gasteiger partial charge in [0.1, 0.15) is 10.9 Å². The molecular formula is C22H22ClF3N4O2. The van der Waals surface area contributed by atoms with E-state index in [1.165, 1.54) is 44.4 Å². The number of allylic oxidation sites excluding steroid dienone is 1. The first-order valence-electron chi connectivity index (χ1n) is 9.55. The van der Waals surface area contributed by atoms with Crippen LogP contribution in [-0.2, 0) is 11.0 Å². The zero-order valence-electron chi connectivity index (χ0n) is 17.9. The zero-order chi connectivity index (χ0) is 23.9. The number of hydrogen-bond donors (Lipinski definition) is 1. The highest BCUT2D eigenvalue weighted by molar-refractivity contribution is 6.41.